The third-order valence-corrected chi connectivity index (χ3v) is 10.3. The second-order valence-corrected chi connectivity index (χ2v) is 13.4. The molecule has 0 radical (unpaired) electrons. The molecule has 0 saturated carbocycles. The Balaban J connectivity index is 1.21. The fraction of sp³-hybridized carbons (Fsp3) is 0.0833. The highest BCUT2D eigenvalue weighted by Crippen LogP contribution is 2.45. The minimum atomic E-state index is 0.933. The molecule has 0 aliphatic carbocycles. The van der Waals surface area contributed by atoms with Gasteiger partial charge in [-0.1, -0.05) is 145 Å². The van der Waals surface area contributed by atoms with Crippen LogP contribution >= 0.6 is 0 Å². The zero-order valence-electron chi connectivity index (χ0n) is 28.2. The van der Waals surface area contributed by atoms with Crippen LogP contribution in [0.5, 0.6) is 0 Å². The van der Waals surface area contributed by atoms with Crippen molar-refractivity contribution >= 4 is 43.4 Å². The predicted molar refractivity (Wildman–Crippen MR) is 211 cm³/mol. The Morgan fingerprint density at radius 3 is 1.24 bits per heavy atom. The molecule has 9 aromatic rings. The van der Waals surface area contributed by atoms with E-state index in [-0.39, 0.29) is 0 Å². The Morgan fingerprint density at radius 2 is 0.755 bits per heavy atom. The van der Waals surface area contributed by atoms with Crippen LogP contribution in [0.2, 0.25) is 0 Å². The Hall–Kier alpha value is -5.92. The fourth-order valence-corrected chi connectivity index (χ4v) is 7.95. The van der Waals surface area contributed by atoms with Crippen molar-refractivity contribution in [1.82, 2.24) is 4.57 Å². The standard InChI is InChI=1S/C48H37N/c1-4-49-45-25-21-37(33-11-7-5-8-12-33)29-41(45)42-30-38(22-26-46(42)49)34-17-19-36(20-18-34)48-40-24-16-31(2)27-43(40)47(35-13-9-6-10-14-35)39-23-15-32(3)28-44(39)48/h5-30H,4H2,1-3H3. The monoisotopic (exact) mass is 627 g/mol. The summed E-state index contributed by atoms with van der Waals surface area (Å²) in [7, 11) is 0. The molecule has 0 spiro atoms. The number of nitrogens with zero attached hydrogens (tertiary/aromatic N) is 1. The predicted octanol–water partition coefficient (Wildman–Crippen LogP) is 13.4. The van der Waals surface area contributed by atoms with Crippen molar-refractivity contribution in [3.8, 4) is 44.5 Å². The Kier molecular flexibility index (Phi) is 6.95. The summed E-state index contributed by atoms with van der Waals surface area (Å²) in [6.07, 6.45) is 0. The largest absolute Gasteiger partial charge is 0.341 e. The van der Waals surface area contributed by atoms with Crippen LogP contribution in [0.25, 0.3) is 87.9 Å². The molecule has 1 aromatic heterocycles. The van der Waals surface area contributed by atoms with E-state index in [0.29, 0.717) is 0 Å². The van der Waals surface area contributed by atoms with E-state index in [1.165, 1.54) is 99.0 Å². The van der Waals surface area contributed by atoms with Gasteiger partial charge in [-0.3, -0.25) is 0 Å². The van der Waals surface area contributed by atoms with Gasteiger partial charge in [0.25, 0.3) is 0 Å². The van der Waals surface area contributed by atoms with Crippen LogP contribution in [0.4, 0.5) is 0 Å². The number of aromatic nitrogens is 1. The lowest BCUT2D eigenvalue weighted by molar-refractivity contribution is 0.827. The van der Waals surface area contributed by atoms with Gasteiger partial charge in [-0.2, -0.15) is 0 Å². The van der Waals surface area contributed by atoms with Gasteiger partial charge in [0.1, 0.15) is 0 Å². The first-order chi connectivity index (χ1) is 24.1. The third kappa shape index (κ3) is 4.85. The SMILES string of the molecule is CCn1c2ccc(-c3ccccc3)cc2c2cc(-c3ccc(-c4c5ccc(C)cc5c(-c5ccccc5)c5ccc(C)cc45)cc3)ccc21. The first-order valence-electron chi connectivity index (χ1n) is 17.3. The van der Waals surface area contributed by atoms with Crippen LogP contribution < -0.4 is 0 Å². The average molecular weight is 628 g/mol. The zero-order valence-corrected chi connectivity index (χ0v) is 28.2. The molecular weight excluding hydrogens is 591 g/mol. The first kappa shape index (κ1) is 29.2. The topological polar surface area (TPSA) is 4.93 Å². The molecule has 234 valence electrons. The van der Waals surface area contributed by atoms with Crippen LogP contribution in [0, 0.1) is 13.8 Å². The molecule has 0 bridgehead atoms. The third-order valence-electron chi connectivity index (χ3n) is 10.3. The lowest BCUT2D eigenvalue weighted by atomic mass is 9.84. The summed E-state index contributed by atoms with van der Waals surface area (Å²) in [5.74, 6) is 0. The molecule has 0 atom stereocenters. The molecule has 0 amide bonds. The van der Waals surface area contributed by atoms with E-state index in [9.17, 15) is 0 Å². The summed E-state index contributed by atoms with van der Waals surface area (Å²) in [4.78, 5) is 0. The maximum absolute atomic E-state index is 2.44. The minimum Gasteiger partial charge on any atom is -0.341 e. The minimum absolute atomic E-state index is 0.933. The van der Waals surface area contributed by atoms with E-state index >= 15 is 0 Å². The number of rotatable bonds is 5. The summed E-state index contributed by atoms with van der Waals surface area (Å²) >= 11 is 0. The van der Waals surface area contributed by atoms with Crippen molar-refractivity contribution in [2.45, 2.75) is 27.3 Å². The highest BCUT2D eigenvalue weighted by molar-refractivity contribution is 6.21. The van der Waals surface area contributed by atoms with Crippen molar-refractivity contribution < 1.29 is 0 Å². The summed E-state index contributed by atoms with van der Waals surface area (Å²) in [6, 6.07) is 58.5. The van der Waals surface area contributed by atoms with Crippen LogP contribution in [-0.4, -0.2) is 4.57 Å². The quantitative estimate of drug-likeness (QED) is 0.167. The van der Waals surface area contributed by atoms with E-state index in [1.54, 1.807) is 0 Å². The van der Waals surface area contributed by atoms with Gasteiger partial charge in [-0.25, -0.2) is 0 Å². The van der Waals surface area contributed by atoms with E-state index in [4.69, 9.17) is 0 Å². The van der Waals surface area contributed by atoms with Gasteiger partial charge >= 0.3 is 0 Å². The van der Waals surface area contributed by atoms with E-state index in [1.807, 2.05) is 0 Å². The van der Waals surface area contributed by atoms with Gasteiger partial charge < -0.3 is 4.57 Å². The fourth-order valence-electron chi connectivity index (χ4n) is 7.95. The molecule has 9 rings (SSSR count). The van der Waals surface area contributed by atoms with Crippen molar-refractivity contribution in [3.63, 3.8) is 0 Å². The molecule has 0 fully saturated rings. The molecule has 1 heterocycles. The molecule has 1 heteroatoms. The van der Waals surface area contributed by atoms with Crippen molar-refractivity contribution in [1.29, 1.82) is 0 Å². The van der Waals surface area contributed by atoms with Crippen LogP contribution in [0.15, 0.2) is 158 Å². The molecular formula is C48H37N. The van der Waals surface area contributed by atoms with E-state index in [0.717, 1.165) is 6.54 Å². The van der Waals surface area contributed by atoms with E-state index in [2.05, 4.69) is 183 Å². The smallest absolute Gasteiger partial charge is 0.0491 e. The second-order valence-electron chi connectivity index (χ2n) is 13.4. The Morgan fingerprint density at radius 1 is 0.347 bits per heavy atom. The summed E-state index contributed by atoms with van der Waals surface area (Å²) < 4.78 is 2.44. The van der Waals surface area contributed by atoms with Gasteiger partial charge in [-0.05, 0) is 111 Å². The summed E-state index contributed by atoms with van der Waals surface area (Å²) in [6.45, 7) is 7.56. The van der Waals surface area contributed by atoms with E-state index < -0.39 is 0 Å². The number of hydrogen-bond donors (Lipinski definition) is 0. The second kappa shape index (κ2) is 11.6. The molecule has 1 nitrogen and oxygen atoms in total. The van der Waals surface area contributed by atoms with Crippen LogP contribution in [-0.2, 0) is 6.54 Å². The van der Waals surface area contributed by atoms with Crippen molar-refractivity contribution in [2.24, 2.45) is 0 Å². The lowest BCUT2D eigenvalue weighted by Gasteiger charge is -2.19. The highest BCUT2D eigenvalue weighted by atomic mass is 15.0. The van der Waals surface area contributed by atoms with Crippen molar-refractivity contribution in [2.75, 3.05) is 0 Å². The normalized spacial score (nSPS) is 11.7. The number of hydrogen-bond acceptors (Lipinski definition) is 0. The Labute approximate surface area is 287 Å². The molecule has 0 aliphatic heterocycles. The Bertz CT molecular complexity index is 2680. The molecule has 0 saturated heterocycles. The zero-order chi connectivity index (χ0) is 33.1. The molecule has 0 unspecified atom stereocenters. The maximum Gasteiger partial charge on any atom is 0.0491 e. The number of aryl methyl sites for hydroxylation is 3. The van der Waals surface area contributed by atoms with Crippen LogP contribution in [0.1, 0.15) is 18.1 Å². The molecule has 49 heavy (non-hydrogen) atoms. The van der Waals surface area contributed by atoms with Gasteiger partial charge in [0.2, 0.25) is 0 Å². The lowest BCUT2D eigenvalue weighted by Crippen LogP contribution is -1.93. The maximum atomic E-state index is 2.44. The van der Waals surface area contributed by atoms with Crippen LogP contribution in [0.3, 0.4) is 0 Å². The average Bonchev–Trinajstić information content (AvgIpc) is 3.47. The number of fused-ring (bicyclic) bond motifs is 5. The van der Waals surface area contributed by atoms with Crippen molar-refractivity contribution in [3.05, 3.63) is 169 Å². The van der Waals surface area contributed by atoms with Gasteiger partial charge in [-0.15, -0.1) is 0 Å². The first-order valence-corrected chi connectivity index (χ1v) is 17.3. The number of benzene rings is 8. The van der Waals surface area contributed by atoms with Gasteiger partial charge in [0.05, 0.1) is 0 Å². The molecule has 0 N–H and O–H groups in total. The highest BCUT2D eigenvalue weighted by Gasteiger charge is 2.18. The molecule has 0 aliphatic rings. The summed E-state index contributed by atoms with van der Waals surface area (Å²) in [5, 5.41) is 7.79. The van der Waals surface area contributed by atoms with Gasteiger partial charge in [0, 0.05) is 28.4 Å². The summed E-state index contributed by atoms with van der Waals surface area (Å²) in [5.41, 5.74) is 15.2. The van der Waals surface area contributed by atoms with Gasteiger partial charge in [0.15, 0.2) is 0 Å². The molecule has 8 aromatic carbocycles.